The number of aryl methyl sites for hydroxylation is 1. The number of carbonyl (C=O) groups excluding carboxylic acids is 1. The minimum Gasteiger partial charge on any atom is -0.454 e. The maximum absolute atomic E-state index is 12.3. The molecule has 1 amide bonds. The molecule has 0 bridgehead atoms. The minimum absolute atomic E-state index is 0.196. The quantitative estimate of drug-likeness (QED) is 0.757. The van der Waals surface area contributed by atoms with E-state index < -0.39 is 0 Å². The summed E-state index contributed by atoms with van der Waals surface area (Å²) in [4.78, 5) is 16.6. The standard InChI is InChI=1S/C15H13N5O3S/c1-20-13(4-5-16-20)19-15-18-10(7-24-15)14(21)17-9-2-3-11-12(6-9)23-8-22-11/h2-7H,8H2,1H3,(H,17,21)(H,18,19). The first-order chi connectivity index (χ1) is 11.7. The highest BCUT2D eigenvalue weighted by atomic mass is 32.1. The van der Waals surface area contributed by atoms with E-state index in [0.29, 0.717) is 28.0 Å². The lowest BCUT2D eigenvalue weighted by Gasteiger charge is -2.04. The zero-order valence-electron chi connectivity index (χ0n) is 12.6. The van der Waals surface area contributed by atoms with Crippen LogP contribution in [0.1, 0.15) is 10.5 Å². The van der Waals surface area contributed by atoms with Gasteiger partial charge in [-0.25, -0.2) is 4.98 Å². The Bertz CT molecular complexity index is 904. The maximum atomic E-state index is 12.3. The molecule has 24 heavy (non-hydrogen) atoms. The Morgan fingerprint density at radius 3 is 3.00 bits per heavy atom. The fourth-order valence-electron chi connectivity index (χ4n) is 2.21. The summed E-state index contributed by atoms with van der Waals surface area (Å²) in [5.41, 5.74) is 0.959. The van der Waals surface area contributed by atoms with Gasteiger partial charge in [0.05, 0.1) is 6.20 Å². The van der Waals surface area contributed by atoms with Crippen molar-refractivity contribution in [3.05, 3.63) is 41.5 Å². The van der Waals surface area contributed by atoms with Gasteiger partial charge in [0, 0.05) is 30.2 Å². The molecule has 122 valence electrons. The van der Waals surface area contributed by atoms with E-state index in [4.69, 9.17) is 9.47 Å². The first-order valence-electron chi connectivity index (χ1n) is 7.10. The van der Waals surface area contributed by atoms with Crippen molar-refractivity contribution in [1.82, 2.24) is 14.8 Å². The van der Waals surface area contributed by atoms with E-state index in [1.54, 1.807) is 34.5 Å². The molecule has 2 N–H and O–H groups in total. The Kier molecular flexibility index (Phi) is 3.54. The normalized spacial score (nSPS) is 12.2. The van der Waals surface area contributed by atoms with Crippen LogP contribution < -0.4 is 20.1 Å². The van der Waals surface area contributed by atoms with Crippen LogP contribution in [0.25, 0.3) is 0 Å². The number of hydrogen-bond acceptors (Lipinski definition) is 7. The summed E-state index contributed by atoms with van der Waals surface area (Å²) in [6, 6.07) is 7.07. The predicted octanol–water partition coefficient (Wildman–Crippen LogP) is 2.60. The lowest BCUT2D eigenvalue weighted by Crippen LogP contribution is -2.12. The Balaban J connectivity index is 1.46. The fourth-order valence-corrected chi connectivity index (χ4v) is 2.91. The highest BCUT2D eigenvalue weighted by Crippen LogP contribution is 2.34. The molecule has 1 aliphatic heterocycles. The molecule has 0 radical (unpaired) electrons. The summed E-state index contributed by atoms with van der Waals surface area (Å²) in [7, 11) is 1.82. The van der Waals surface area contributed by atoms with Gasteiger partial charge in [0.15, 0.2) is 16.6 Å². The average molecular weight is 343 g/mol. The SMILES string of the molecule is Cn1nccc1Nc1nc(C(=O)Nc2ccc3c(c2)OCO3)cs1. The molecule has 0 aliphatic carbocycles. The van der Waals surface area contributed by atoms with Crippen molar-refractivity contribution >= 4 is 33.9 Å². The van der Waals surface area contributed by atoms with E-state index in [0.717, 1.165) is 5.82 Å². The zero-order valence-corrected chi connectivity index (χ0v) is 13.5. The Morgan fingerprint density at radius 2 is 2.17 bits per heavy atom. The molecule has 0 fully saturated rings. The second-order valence-electron chi connectivity index (χ2n) is 5.03. The molecule has 8 nitrogen and oxygen atoms in total. The first-order valence-corrected chi connectivity index (χ1v) is 7.98. The molecule has 1 aromatic carbocycles. The van der Waals surface area contributed by atoms with Gasteiger partial charge in [0.25, 0.3) is 5.91 Å². The van der Waals surface area contributed by atoms with E-state index in [1.165, 1.54) is 11.3 Å². The van der Waals surface area contributed by atoms with Crippen LogP contribution in [-0.2, 0) is 7.05 Å². The lowest BCUT2D eigenvalue weighted by atomic mass is 10.2. The van der Waals surface area contributed by atoms with E-state index >= 15 is 0 Å². The van der Waals surface area contributed by atoms with Gasteiger partial charge in [-0.05, 0) is 12.1 Å². The van der Waals surface area contributed by atoms with Crippen LogP contribution in [0.5, 0.6) is 11.5 Å². The van der Waals surface area contributed by atoms with Crippen molar-refractivity contribution in [1.29, 1.82) is 0 Å². The monoisotopic (exact) mass is 343 g/mol. The van der Waals surface area contributed by atoms with Gasteiger partial charge in [-0.15, -0.1) is 11.3 Å². The number of carbonyl (C=O) groups is 1. The van der Waals surface area contributed by atoms with Crippen LogP contribution in [0.3, 0.4) is 0 Å². The van der Waals surface area contributed by atoms with Crippen LogP contribution in [0.15, 0.2) is 35.8 Å². The highest BCUT2D eigenvalue weighted by Gasteiger charge is 2.16. The topological polar surface area (TPSA) is 90.3 Å². The lowest BCUT2D eigenvalue weighted by molar-refractivity contribution is 0.102. The Labute approximate surface area is 141 Å². The van der Waals surface area contributed by atoms with E-state index in [9.17, 15) is 4.79 Å². The van der Waals surface area contributed by atoms with Crippen molar-refractivity contribution < 1.29 is 14.3 Å². The van der Waals surface area contributed by atoms with Gasteiger partial charge < -0.3 is 20.1 Å². The minimum atomic E-state index is -0.289. The molecule has 0 spiro atoms. The number of anilines is 3. The first kappa shape index (κ1) is 14.5. The van der Waals surface area contributed by atoms with E-state index in [2.05, 4.69) is 20.7 Å². The van der Waals surface area contributed by atoms with Gasteiger partial charge in [-0.1, -0.05) is 0 Å². The average Bonchev–Trinajstić information content (AvgIpc) is 3.29. The Morgan fingerprint density at radius 1 is 1.29 bits per heavy atom. The number of benzene rings is 1. The molecule has 0 saturated carbocycles. The molecule has 2 aromatic heterocycles. The summed E-state index contributed by atoms with van der Waals surface area (Å²) in [5.74, 6) is 1.80. The summed E-state index contributed by atoms with van der Waals surface area (Å²) in [6.07, 6.45) is 1.68. The molecule has 3 heterocycles. The molecular weight excluding hydrogens is 330 g/mol. The summed E-state index contributed by atoms with van der Waals surface area (Å²) >= 11 is 1.35. The van der Waals surface area contributed by atoms with Gasteiger partial charge >= 0.3 is 0 Å². The van der Waals surface area contributed by atoms with Crippen molar-refractivity contribution in [2.75, 3.05) is 17.4 Å². The smallest absolute Gasteiger partial charge is 0.275 e. The third-order valence-electron chi connectivity index (χ3n) is 3.42. The molecule has 4 rings (SSSR count). The Hall–Kier alpha value is -3.07. The maximum Gasteiger partial charge on any atom is 0.275 e. The van der Waals surface area contributed by atoms with Gasteiger partial charge in [0.2, 0.25) is 6.79 Å². The third kappa shape index (κ3) is 2.76. The predicted molar refractivity (Wildman–Crippen MR) is 89.1 cm³/mol. The third-order valence-corrected chi connectivity index (χ3v) is 4.18. The molecule has 0 saturated heterocycles. The van der Waals surface area contributed by atoms with Gasteiger partial charge in [0.1, 0.15) is 11.5 Å². The van der Waals surface area contributed by atoms with E-state index in [-0.39, 0.29) is 12.7 Å². The zero-order chi connectivity index (χ0) is 16.5. The van der Waals surface area contributed by atoms with Crippen LogP contribution in [0.2, 0.25) is 0 Å². The van der Waals surface area contributed by atoms with Crippen molar-refractivity contribution in [2.24, 2.45) is 7.05 Å². The number of amides is 1. The molecule has 1 aliphatic rings. The number of hydrogen-bond donors (Lipinski definition) is 2. The number of ether oxygens (including phenoxy) is 2. The molecule has 0 atom stereocenters. The van der Waals surface area contributed by atoms with E-state index in [1.807, 2.05) is 13.1 Å². The van der Waals surface area contributed by atoms with Gasteiger partial charge in [-0.2, -0.15) is 5.10 Å². The second kappa shape index (κ2) is 5.85. The van der Waals surface area contributed by atoms with Crippen LogP contribution in [0, 0.1) is 0 Å². The van der Waals surface area contributed by atoms with Crippen LogP contribution in [0.4, 0.5) is 16.6 Å². The van der Waals surface area contributed by atoms with Gasteiger partial charge in [-0.3, -0.25) is 9.48 Å². The van der Waals surface area contributed by atoms with Crippen LogP contribution >= 0.6 is 11.3 Å². The van der Waals surface area contributed by atoms with Crippen LogP contribution in [-0.4, -0.2) is 27.5 Å². The number of nitrogens with zero attached hydrogens (tertiary/aromatic N) is 3. The number of rotatable bonds is 4. The second-order valence-corrected chi connectivity index (χ2v) is 5.88. The number of aromatic nitrogens is 3. The summed E-state index contributed by atoms with van der Waals surface area (Å²) in [5, 5.41) is 12.3. The van der Waals surface area contributed by atoms with Crippen molar-refractivity contribution in [2.45, 2.75) is 0 Å². The molecular formula is C15H13N5O3S. The number of fused-ring (bicyclic) bond motifs is 1. The number of thiazole rings is 1. The summed E-state index contributed by atoms with van der Waals surface area (Å²) in [6.45, 7) is 0.196. The van der Waals surface area contributed by atoms with Crippen molar-refractivity contribution in [3.63, 3.8) is 0 Å². The highest BCUT2D eigenvalue weighted by molar-refractivity contribution is 7.14. The largest absolute Gasteiger partial charge is 0.454 e. The molecule has 9 heteroatoms. The fraction of sp³-hybridized carbons (Fsp3) is 0.133. The molecule has 0 unspecified atom stereocenters. The number of nitrogens with one attached hydrogen (secondary N) is 2. The summed E-state index contributed by atoms with van der Waals surface area (Å²) < 4.78 is 12.2. The van der Waals surface area contributed by atoms with Crippen molar-refractivity contribution in [3.8, 4) is 11.5 Å². The molecule has 3 aromatic rings.